The molecule has 0 saturated carbocycles. The highest BCUT2D eigenvalue weighted by atomic mass is 79.9. The topological polar surface area (TPSA) is 61.6 Å². The van der Waals surface area contributed by atoms with E-state index in [9.17, 15) is 0 Å². The standard InChI is InChI=1S/C19H22BrN7/c1-12(2)25-9-16-7-15(25)10-26(16)14-5-3-13(4-6-14)24-18-19-22-11-23-27(19)17(20)8-21-18/h3-6,8,11-12,15-16H,7,9-10H2,1-2H3,(H,21,24)/t15-,16+/m1/s1. The molecule has 1 aromatic carbocycles. The van der Waals surface area contributed by atoms with Crippen LogP contribution in [0.2, 0.25) is 0 Å². The van der Waals surface area contributed by atoms with Crippen molar-refractivity contribution in [2.24, 2.45) is 0 Å². The van der Waals surface area contributed by atoms with Gasteiger partial charge in [-0.3, -0.25) is 4.90 Å². The van der Waals surface area contributed by atoms with Gasteiger partial charge in [0, 0.05) is 42.6 Å². The minimum absolute atomic E-state index is 0.639. The van der Waals surface area contributed by atoms with Crippen molar-refractivity contribution in [3.8, 4) is 0 Å². The van der Waals surface area contributed by atoms with Crippen LogP contribution in [-0.4, -0.2) is 55.7 Å². The van der Waals surface area contributed by atoms with Crippen molar-refractivity contribution in [1.29, 1.82) is 0 Å². The predicted molar refractivity (Wildman–Crippen MR) is 110 cm³/mol. The molecule has 2 atom stereocenters. The van der Waals surface area contributed by atoms with Crippen molar-refractivity contribution in [1.82, 2.24) is 24.5 Å². The summed E-state index contributed by atoms with van der Waals surface area (Å²) < 4.78 is 2.49. The minimum Gasteiger partial charge on any atom is -0.366 e. The van der Waals surface area contributed by atoms with E-state index >= 15 is 0 Å². The van der Waals surface area contributed by atoms with Crippen LogP contribution in [0.15, 0.2) is 41.4 Å². The molecule has 8 heteroatoms. The quantitative estimate of drug-likeness (QED) is 0.688. The molecule has 3 aromatic rings. The first kappa shape index (κ1) is 16.9. The summed E-state index contributed by atoms with van der Waals surface area (Å²) in [5, 5.41) is 7.55. The molecule has 0 unspecified atom stereocenters. The van der Waals surface area contributed by atoms with E-state index in [1.807, 2.05) is 0 Å². The number of hydrogen-bond acceptors (Lipinski definition) is 6. The largest absolute Gasteiger partial charge is 0.366 e. The molecule has 140 valence electrons. The molecule has 0 amide bonds. The minimum atomic E-state index is 0.639. The summed E-state index contributed by atoms with van der Waals surface area (Å²) in [5.41, 5.74) is 2.98. The van der Waals surface area contributed by atoms with Crippen LogP contribution in [0.3, 0.4) is 0 Å². The lowest BCUT2D eigenvalue weighted by molar-refractivity contribution is 0.191. The van der Waals surface area contributed by atoms with Gasteiger partial charge in [0.2, 0.25) is 0 Å². The SMILES string of the molecule is CC(C)N1C[C@@H]2C[C@@H]1CN2c1ccc(Nc2ncc(Br)n3ncnc23)cc1. The molecule has 0 spiro atoms. The zero-order chi connectivity index (χ0) is 18.5. The molecule has 5 rings (SSSR count). The third-order valence-corrected chi connectivity index (χ3v) is 6.21. The average molecular weight is 428 g/mol. The number of hydrogen-bond donors (Lipinski definition) is 1. The second kappa shape index (κ2) is 6.45. The average Bonchev–Trinajstić information content (AvgIpc) is 3.40. The number of rotatable bonds is 4. The van der Waals surface area contributed by atoms with E-state index in [-0.39, 0.29) is 0 Å². The molecule has 2 bridgehead atoms. The van der Waals surface area contributed by atoms with Crippen LogP contribution < -0.4 is 10.2 Å². The molecule has 2 saturated heterocycles. The van der Waals surface area contributed by atoms with Crippen molar-refractivity contribution >= 4 is 38.8 Å². The van der Waals surface area contributed by atoms with E-state index < -0.39 is 0 Å². The summed E-state index contributed by atoms with van der Waals surface area (Å²) in [6.45, 7) is 6.91. The number of anilines is 3. The second-order valence-corrected chi connectivity index (χ2v) is 8.40. The maximum Gasteiger partial charge on any atom is 0.199 e. The Labute approximate surface area is 166 Å². The molecular weight excluding hydrogens is 406 g/mol. The molecule has 2 aromatic heterocycles. The molecule has 2 aliphatic heterocycles. The van der Waals surface area contributed by atoms with E-state index in [2.05, 4.69) is 84.2 Å². The van der Waals surface area contributed by atoms with Crippen molar-refractivity contribution in [3.63, 3.8) is 0 Å². The highest BCUT2D eigenvalue weighted by molar-refractivity contribution is 9.10. The lowest BCUT2D eigenvalue weighted by Crippen LogP contribution is -2.48. The van der Waals surface area contributed by atoms with E-state index in [4.69, 9.17) is 0 Å². The van der Waals surface area contributed by atoms with Crippen LogP contribution in [0.5, 0.6) is 0 Å². The van der Waals surface area contributed by atoms with Crippen molar-refractivity contribution in [2.45, 2.75) is 38.4 Å². The molecule has 1 N–H and O–H groups in total. The second-order valence-electron chi connectivity index (χ2n) is 7.58. The Morgan fingerprint density at radius 1 is 1.11 bits per heavy atom. The Bertz CT molecular complexity index is 968. The van der Waals surface area contributed by atoms with Crippen LogP contribution in [0.25, 0.3) is 5.65 Å². The van der Waals surface area contributed by atoms with Gasteiger partial charge in [0.05, 0.1) is 6.20 Å². The van der Waals surface area contributed by atoms with Gasteiger partial charge in [-0.1, -0.05) is 0 Å². The third kappa shape index (κ3) is 2.87. The molecule has 27 heavy (non-hydrogen) atoms. The van der Waals surface area contributed by atoms with Crippen molar-refractivity contribution < 1.29 is 0 Å². The van der Waals surface area contributed by atoms with E-state index in [1.165, 1.54) is 25.0 Å². The molecule has 0 radical (unpaired) electrons. The van der Waals surface area contributed by atoms with Gasteiger partial charge in [-0.15, -0.1) is 0 Å². The summed E-state index contributed by atoms with van der Waals surface area (Å²) in [7, 11) is 0. The first-order valence-corrected chi connectivity index (χ1v) is 10.1. The number of halogens is 1. The number of piperazine rings is 1. The summed E-state index contributed by atoms with van der Waals surface area (Å²) in [5.74, 6) is 0.691. The maximum atomic E-state index is 4.43. The van der Waals surface area contributed by atoms with Gasteiger partial charge in [-0.05, 0) is 60.5 Å². The number of nitrogens with zero attached hydrogens (tertiary/aromatic N) is 6. The van der Waals surface area contributed by atoms with E-state index in [0.29, 0.717) is 29.6 Å². The van der Waals surface area contributed by atoms with Crippen molar-refractivity contribution in [3.05, 3.63) is 41.4 Å². The summed E-state index contributed by atoms with van der Waals surface area (Å²) in [6.07, 6.45) is 4.53. The van der Waals surface area contributed by atoms with Gasteiger partial charge < -0.3 is 10.2 Å². The fourth-order valence-electron chi connectivity index (χ4n) is 4.40. The van der Waals surface area contributed by atoms with E-state index in [1.54, 1.807) is 10.7 Å². The molecular formula is C19H22BrN7. The fourth-order valence-corrected chi connectivity index (χ4v) is 4.76. The van der Waals surface area contributed by atoms with Gasteiger partial charge >= 0.3 is 0 Å². The van der Waals surface area contributed by atoms with Crippen LogP contribution in [0, 0.1) is 0 Å². The number of benzene rings is 1. The molecule has 7 nitrogen and oxygen atoms in total. The Hall–Kier alpha value is -2.19. The summed E-state index contributed by atoms with van der Waals surface area (Å²) in [6, 6.07) is 10.6. The highest BCUT2D eigenvalue weighted by Gasteiger charge is 2.43. The smallest absolute Gasteiger partial charge is 0.199 e. The molecule has 2 fully saturated rings. The lowest BCUT2D eigenvalue weighted by Gasteiger charge is -2.37. The van der Waals surface area contributed by atoms with Crippen LogP contribution in [-0.2, 0) is 0 Å². The predicted octanol–water partition coefficient (Wildman–Crippen LogP) is 3.30. The lowest BCUT2D eigenvalue weighted by atomic mass is 10.2. The molecule has 2 aliphatic rings. The highest BCUT2D eigenvalue weighted by Crippen LogP contribution is 2.36. The molecule has 4 heterocycles. The Morgan fingerprint density at radius 3 is 2.63 bits per heavy atom. The van der Waals surface area contributed by atoms with Gasteiger partial charge in [-0.25, -0.2) is 14.5 Å². The number of likely N-dealkylation sites (tertiary alicyclic amines) is 1. The monoisotopic (exact) mass is 427 g/mol. The zero-order valence-electron chi connectivity index (χ0n) is 15.4. The maximum absolute atomic E-state index is 4.43. The summed E-state index contributed by atoms with van der Waals surface area (Å²) in [4.78, 5) is 13.9. The van der Waals surface area contributed by atoms with Gasteiger partial charge in [-0.2, -0.15) is 5.10 Å². The van der Waals surface area contributed by atoms with Crippen LogP contribution >= 0.6 is 15.9 Å². The van der Waals surface area contributed by atoms with Gasteiger partial charge in [0.15, 0.2) is 11.5 Å². The number of fused-ring (bicyclic) bond motifs is 3. The first-order chi connectivity index (χ1) is 13.1. The normalized spacial score (nSPS) is 22.3. The Morgan fingerprint density at radius 2 is 1.93 bits per heavy atom. The Kier molecular flexibility index (Phi) is 4.05. The summed E-state index contributed by atoms with van der Waals surface area (Å²) >= 11 is 3.43. The van der Waals surface area contributed by atoms with Crippen LogP contribution in [0.4, 0.5) is 17.2 Å². The van der Waals surface area contributed by atoms with Gasteiger partial charge in [0.25, 0.3) is 0 Å². The van der Waals surface area contributed by atoms with Crippen molar-refractivity contribution in [2.75, 3.05) is 23.3 Å². The molecule has 0 aliphatic carbocycles. The number of aromatic nitrogens is 4. The van der Waals surface area contributed by atoms with Gasteiger partial charge in [0.1, 0.15) is 10.9 Å². The van der Waals surface area contributed by atoms with E-state index in [0.717, 1.165) is 16.8 Å². The number of nitrogens with one attached hydrogen (secondary N) is 1. The fraction of sp³-hybridized carbons (Fsp3) is 0.421. The third-order valence-electron chi connectivity index (χ3n) is 5.67. The van der Waals surface area contributed by atoms with Crippen LogP contribution in [0.1, 0.15) is 20.3 Å². The Balaban J connectivity index is 1.33. The zero-order valence-corrected chi connectivity index (χ0v) is 17.0. The first-order valence-electron chi connectivity index (χ1n) is 9.34.